The molecule has 0 bridgehead atoms. The zero-order chi connectivity index (χ0) is 22.2. The molecular formula is C26H30N4O2. The third kappa shape index (κ3) is 5.93. The Morgan fingerprint density at radius 2 is 1.56 bits per heavy atom. The van der Waals surface area contributed by atoms with Gasteiger partial charge in [-0.2, -0.15) is 0 Å². The number of nitrogens with zero attached hydrogens (tertiary/aromatic N) is 2. The molecule has 1 aromatic heterocycles. The minimum Gasteiger partial charge on any atom is -0.388 e. The van der Waals surface area contributed by atoms with Crippen molar-refractivity contribution in [1.82, 2.24) is 15.2 Å². The summed E-state index contributed by atoms with van der Waals surface area (Å²) in [6.45, 7) is 2.97. The van der Waals surface area contributed by atoms with Gasteiger partial charge in [-0.1, -0.05) is 60.7 Å². The van der Waals surface area contributed by atoms with E-state index in [1.54, 1.807) is 18.3 Å². The van der Waals surface area contributed by atoms with E-state index in [9.17, 15) is 9.90 Å². The SMILES string of the molecule is O=C(c1ccnc(NCc2ccccc2)c1)N1CCC(O)(CNCc2ccccc2)CC1. The van der Waals surface area contributed by atoms with E-state index in [2.05, 4.69) is 27.8 Å². The van der Waals surface area contributed by atoms with E-state index in [0.717, 1.165) is 12.1 Å². The van der Waals surface area contributed by atoms with Gasteiger partial charge in [0.25, 0.3) is 5.91 Å². The van der Waals surface area contributed by atoms with E-state index in [4.69, 9.17) is 0 Å². The van der Waals surface area contributed by atoms with Crippen molar-refractivity contribution in [1.29, 1.82) is 0 Å². The fourth-order valence-electron chi connectivity index (χ4n) is 3.97. The summed E-state index contributed by atoms with van der Waals surface area (Å²) in [6, 6.07) is 23.8. The molecule has 2 heterocycles. The van der Waals surface area contributed by atoms with Gasteiger partial charge in [0.1, 0.15) is 5.82 Å². The van der Waals surface area contributed by atoms with Crippen molar-refractivity contribution in [2.45, 2.75) is 31.5 Å². The lowest BCUT2D eigenvalue weighted by molar-refractivity contribution is -0.0158. The normalized spacial score (nSPS) is 15.3. The number of carbonyl (C=O) groups excluding carboxylic acids is 1. The number of likely N-dealkylation sites (tertiary alicyclic amines) is 1. The molecule has 3 aromatic rings. The maximum absolute atomic E-state index is 13.0. The van der Waals surface area contributed by atoms with Crippen LogP contribution in [0.25, 0.3) is 0 Å². The van der Waals surface area contributed by atoms with Gasteiger partial charge >= 0.3 is 0 Å². The molecule has 1 saturated heterocycles. The molecule has 0 radical (unpaired) electrons. The van der Waals surface area contributed by atoms with Crippen LogP contribution in [0.15, 0.2) is 79.0 Å². The van der Waals surface area contributed by atoms with E-state index in [-0.39, 0.29) is 5.91 Å². The topological polar surface area (TPSA) is 77.5 Å². The van der Waals surface area contributed by atoms with Gasteiger partial charge in [-0.15, -0.1) is 0 Å². The fourth-order valence-corrected chi connectivity index (χ4v) is 3.97. The Hall–Kier alpha value is -3.22. The Bertz CT molecular complexity index is 1000. The van der Waals surface area contributed by atoms with Crippen molar-refractivity contribution in [2.75, 3.05) is 25.0 Å². The third-order valence-electron chi connectivity index (χ3n) is 5.93. The minimum absolute atomic E-state index is 0.0190. The van der Waals surface area contributed by atoms with Gasteiger partial charge < -0.3 is 20.6 Å². The lowest BCUT2D eigenvalue weighted by atomic mass is 9.91. The van der Waals surface area contributed by atoms with Crippen LogP contribution in [0.3, 0.4) is 0 Å². The summed E-state index contributed by atoms with van der Waals surface area (Å²) >= 11 is 0. The number of aromatic nitrogens is 1. The average Bonchev–Trinajstić information content (AvgIpc) is 2.84. The number of aliphatic hydroxyl groups is 1. The van der Waals surface area contributed by atoms with Gasteiger partial charge in [0.2, 0.25) is 0 Å². The molecule has 0 unspecified atom stereocenters. The zero-order valence-electron chi connectivity index (χ0n) is 18.2. The maximum atomic E-state index is 13.0. The summed E-state index contributed by atoms with van der Waals surface area (Å²) in [5.41, 5.74) is 2.18. The number of hydrogen-bond donors (Lipinski definition) is 3. The number of amides is 1. The third-order valence-corrected chi connectivity index (χ3v) is 5.93. The second-order valence-corrected chi connectivity index (χ2v) is 8.37. The Kier molecular flexibility index (Phi) is 7.14. The molecule has 1 fully saturated rings. The molecule has 0 saturated carbocycles. The smallest absolute Gasteiger partial charge is 0.254 e. The van der Waals surface area contributed by atoms with Crippen LogP contribution in [0.4, 0.5) is 5.82 Å². The number of rotatable bonds is 8. The van der Waals surface area contributed by atoms with E-state index >= 15 is 0 Å². The summed E-state index contributed by atoms with van der Waals surface area (Å²) in [4.78, 5) is 19.2. The first-order chi connectivity index (χ1) is 15.6. The van der Waals surface area contributed by atoms with Crippen LogP contribution >= 0.6 is 0 Å². The maximum Gasteiger partial charge on any atom is 0.254 e. The molecule has 166 valence electrons. The Labute approximate surface area is 189 Å². The number of nitrogens with one attached hydrogen (secondary N) is 2. The molecule has 0 spiro atoms. The highest BCUT2D eigenvalue weighted by Crippen LogP contribution is 2.23. The Morgan fingerprint density at radius 1 is 0.938 bits per heavy atom. The molecule has 6 heteroatoms. The fraction of sp³-hybridized carbons (Fsp3) is 0.308. The van der Waals surface area contributed by atoms with Crippen molar-refractivity contribution in [2.24, 2.45) is 0 Å². The first-order valence-electron chi connectivity index (χ1n) is 11.1. The van der Waals surface area contributed by atoms with Gasteiger partial charge in [-0.3, -0.25) is 4.79 Å². The van der Waals surface area contributed by atoms with Gasteiger partial charge in [0, 0.05) is 44.5 Å². The number of pyridine rings is 1. The van der Waals surface area contributed by atoms with Crippen LogP contribution in [0.1, 0.15) is 34.3 Å². The summed E-state index contributed by atoms with van der Waals surface area (Å²) < 4.78 is 0. The molecule has 32 heavy (non-hydrogen) atoms. The predicted molar refractivity (Wildman–Crippen MR) is 126 cm³/mol. The lowest BCUT2D eigenvalue weighted by Crippen LogP contribution is -2.51. The largest absolute Gasteiger partial charge is 0.388 e. The summed E-state index contributed by atoms with van der Waals surface area (Å²) in [6.07, 6.45) is 2.78. The minimum atomic E-state index is -0.786. The molecule has 1 amide bonds. The van der Waals surface area contributed by atoms with E-state index < -0.39 is 5.60 Å². The first-order valence-corrected chi connectivity index (χ1v) is 11.1. The Morgan fingerprint density at radius 3 is 2.22 bits per heavy atom. The molecule has 6 nitrogen and oxygen atoms in total. The second-order valence-electron chi connectivity index (χ2n) is 8.37. The number of benzene rings is 2. The van der Waals surface area contributed by atoms with Gasteiger partial charge in [-0.05, 0) is 36.1 Å². The molecule has 4 rings (SSSR count). The van der Waals surface area contributed by atoms with Crippen molar-refractivity contribution in [3.63, 3.8) is 0 Å². The van der Waals surface area contributed by atoms with Gasteiger partial charge in [-0.25, -0.2) is 4.98 Å². The van der Waals surface area contributed by atoms with E-state index in [1.165, 1.54) is 5.56 Å². The van der Waals surface area contributed by atoms with E-state index in [1.807, 2.05) is 53.4 Å². The molecule has 0 aliphatic carbocycles. The quantitative estimate of drug-likeness (QED) is 0.510. The molecule has 1 aliphatic rings. The monoisotopic (exact) mass is 430 g/mol. The molecule has 3 N–H and O–H groups in total. The van der Waals surface area contributed by atoms with Crippen LogP contribution < -0.4 is 10.6 Å². The van der Waals surface area contributed by atoms with Crippen molar-refractivity contribution >= 4 is 11.7 Å². The summed E-state index contributed by atoms with van der Waals surface area (Å²) in [7, 11) is 0. The number of piperidine rings is 1. The van der Waals surface area contributed by atoms with Crippen LogP contribution in [0.2, 0.25) is 0 Å². The second kappa shape index (κ2) is 10.4. The number of carbonyl (C=O) groups is 1. The lowest BCUT2D eigenvalue weighted by Gasteiger charge is -2.38. The summed E-state index contributed by atoms with van der Waals surface area (Å²) in [5.74, 6) is 0.660. The van der Waals surface area contributed by atoms with Gasteiger partial charge in [0.05, 0.1) is 5.60 Å². The van der Waals surface area contributed by atoms with Crippen molar-refractivity contribution in [3.05, 3.63) is 95.7 Å². The Balaban J connectivity index is 1.27. The van der Waals surface area contributed by atoms with Crippen LogP contribution in [0, 0.1) is 0 Å². The number of anilines is 1. The average molecular weight is 431 g/mol. The van der Waals surface area contributed by atoms with Crippen LogP contribution in [0.5, 0.6) is 0 Å². The first kappa shape index (κ1) is 22.0. The van der Waals surface area contributed by atoms with Gasteiger partial charge in [0.15, 0.2) is 0 Å². The summed E-state index contributed by atoms with van der Waals surface area (Å²) in [5, 5.41) is 17.6. The molecule has 0 atom stereocenters. The van der Waals surface area contributed by atoms with Crippen LogP contribution in [-0.2, 0) is 13.1 Å². The number of hydrogen-bond acceptors (Lipinski definition) is 5. The molecular weight excluding hydrogens is 400 g/mol. The van der Waals surface area contributed by atoms with E-state index in [0.29, 0.717) is 50.4 Å². The van der Waals surface area contributed by atoms with Crippen molar-refractivity contribution in [3.8, 4) is 0 Å². The predicted octanol–water partition coefficient (Wildman–Crippen LogP) is 3.45. The molecule has 1 aliphatic heterocycles. The standard InChI is InChI=1S/C26H30N4O2/c31-25(23-11-14-28-24(17-23)29-19-22-9-5-2-6-10-22)30-15-12-26(32,13-16-30)20-27-18-21-7-3-1-4-8-21/h1-11,14,17,27,32H,12-13,15-16,18-20H2,(H,28,29). The molecule has 2 aromatic carbocycles. The highest BCUT2D eigenvalue weighted by atomic mass is 16.3. The highest BCUT2D eigenvalue weighted by Gasteiger charge is 2.33. The van der Waals surface area contributed by atoms with Crippen LogP contribution in [-0.4, -0.2) is 46.1 Å². The highest BCUT2D eigenvalue weighted by molar-refractivity contribution is 5.94. The zero-order valence-corrected chi connectivity index (χ0v) is 18.2. The van der Waals surface area contributed by atoms with Crippen molar-refractivity contribution < 1.29 is 9.90 Å².